The molecule has 4 heteroatoms. The Bertz CT molecular complexity index is 759. The van der Waals surface area contributed by atoms with Gasteiger partial charge in [0, 0.05) is 21.4 Å². The van der Waals surface area contributed by atoms with Crippen LogP contribution >= 0.6 is 22.6 Å². The first-order valence-corrected chi connectivity index (χ1v) is 7.44. The van der Waals surface area contributed by atoms with Crippen molar-refractivity contribution < 1.29 is 4.74 Å². The fraction of sp³-hybridized carbons (Fsp3) is 0.188. The molecule has 1 aromatic heterocycles. The lowest BCUT2D eigenvalue weighted by atomic mass is 9.99. The van der Waals surface area contributed by atoms with Gasteiger partial charge in [-0.25, -0.2) is 0 Å². The van der Waals surface area contributed by atoms with Crippen LogP contribution in [0, 0.1) is 3.57 Å². The van der Waals surface area contributed by atoms with Gasteiger partial charge in [0.2, 0.25) is 0 Å². The Hall–Kier alpha value is -1.56. The third kappa shape index (κ3) is 2.40. The molecule has 0 bridgehead atoms. The van der Waals surface area contributed by atoms with Crippen molar-refractivity contribution in [3.63, 3.8) is 0 Å². The molecule has 0 aliphatic carbocycles. The van der Waals surface area contributed by atoms with Crippen molar-refractivity contribution in [1.82, 2.24) is 4.57 Å². The number of benzene rings is 1. The molecule has 0 amide bonds. The molecule has 0 saturated carbocycles. The minimum Gasteiger partial charge on any atom is -0.483 e. The van der Waals surface area contributed by atoms with Crippen LogP contribution in [0.4, 0.5) is 0 Å². The van der Waals surface area contributed by atoms with Crippen molar-refractivity contribution in [2.24, 2.45) is 0 Å². The molecular formula is C16H14INO2. The summed E-state index contributed by atoms with van der Waals surface area (Å²) in [5.41, 5.74) is 1.34. The Balaban J connectivity index is 2.28. The molecule has 3 nitrogen and oxygen atoms in total. The monoisotopic (exact) mass is 379 g/mol. The topological polar surface area (TPSA) is 31.2 Å². The maximum atomic E-state index is 12.1. The van der Waals surface area contributed by atoms with E-state index >= 15 is 0 Å². The maximum Gasteiger partial charge on any atom is 0.255 e. The zero-order chi connectivity index (χ0) is 14.3. The number of pyridine rings is 1. The highest BCUT2D eigenvalue weighted by atomic mass is 127. The highest BCUT2D eigenvalue weighted by Crippen LogP contribution is 2.36. The standard InChI is InChI=1S/C16H14INO2/c1-16(2)10-13(18-8-4-3-5-15(18)19)12-9-11(17)6-7-14(12)20-16/h3-10H,1-2H3. The van der Waals surface area contributed by atoms with Gasteiger partial charge in [-0.2, -0.15) is 0 Å². The summed E-state index contributed by atoms with van der Waals surface area (Å²) in [5, 5.41) is 0. The average Bonchev–Trinajstić information content (AvgIpc) is 2.38. The smallest absolute Gasteiger partial charge is 0.255 e. The summed E-state index contributed by atoms with van der Waals surface area (Å²) in [7, 11) is 0. The molecule has 102 valence electrons. The maximum absolute atomic E-state index is 12.1. The van der Waals surface area contributed by atoms with Crippen molar-refractivity contribution in [2.75, 3.05) is 0 Å². The van der Waals surface area contributed by atoms with E-state index in [9.17, 15) is 4.79 Å². The van der Waals surface area contributed by atoms with Crippen LogP contribution in [0.5, 0.6) is 5.75 Å². The van der Waals surface area contributed by atoms with E-state index in [1.165, 1.54) is 0 Å². The molecule has 0 unspecified atom stereocenters. The molecule has 20 heavy (non-hydrogen) atoms. The second kappa shape index (κ2) is 4.77. The minimum absolute atomic E-state index is 0.0405. The lowest BCUT2D eigenvalue weighted by Crippen LogP contribution is -2.32. The minimum atomic E-state index is -0.440. The Labute approximate surface area is 131 Å². The van der Waals surface area contributed by atoms with E-state index in [-0.39, 0.29) is 5.56 Å². The summed E-state index contributed by atoms with van der Waals surface area (Å²) >= 11 is 2.26. The van der Waals surface area contributed by atoms with E-state index in [0.717, 1.165) is 20.6 Å². The SMILES string of the molecule is CC1(C)C=C(n2ccccc2=O)c2cc(I)ccc2O1. The van der Waals surface area contributed by atoms with Gasteiger partial charge in [0.1, 0.15) is 11.4 Å². The first kappa shape index (κ1) is 13.4. The second-order valence-electron chi connectivity index (χ2n) is 5.28. The summed E-state index contributed by atoms with van der Waals surface area (Å²) in [6, 6.07) is 11.2. The van der Waals surface area contributed by atoms with E-state index in [4.69, 9.17) is 4.74 Å². The van der Waals surface area contributed by atoms with Crippen LogP contribution in [0.3, 0.4) is 0 Å². The summed E-state index contributed by atoms with van der Waals surface area (Å²) in [6.45, 7) is 3.98. The van der Waals surface area contributed by atoms with Crippen molar-refractivity contribution in [2.45, 2.75) is 19.4 Å². The first-order valence-electron chi connectivity index (χ1n) is 6.36. The molecule has 1 aliphatic rings. The first-order chi connectivity index (χ1) is 9.46. The van der Waals surface area contributed by atoms with Crippen LogP contribution in [0.1, 0.15) is 19.4 Å². The molecule has 1 aliphatic heterocycles. The van der Waals surface area contributed by atoms with E-state index in [2.05, 4.69) is 22.6 Å². The van der Waals surface area contributed by atoms with Crippen molar-refractivity contribution in [3.05, 3.63) is 68.2 Å². The Kier molecular flexibility index (Phi) is 3.20. The molecule has 2 aromatic rings. The number of hydrogen-bond donors (Lipinski definition) is 0. The number of hydrogen-bond acceptors (Lipinski definition) is 2. The van der Waals surface area contributed by atoms with Gasteiger partial charge < -0.3 is 4.74 Å². The normalized spacial score (nSPS) is 16.1. The molecule has 3 rings (SSSR count). The van der Waals surface area contributed by atoms with Gasteiger partial charge in [-0.1, -0.05) is 6.07 Å². The summed E-state index contributed by atoms with van der Waals surface area (Å²) in [4.78, 5) is 12.1. The Morgan fingerprint density at radius 2 is 2.00 bits per heavy atom. The summed E-state index contributed by atoms with van der Waals surface area (Å²) in [6.07, 6.45) is 3.78. The third-order valence-corrected chi connectivity index (χ3v) is 3.83. The quantitative estimate of drug-likeness (QED) is 0.711. The highest BCUT2D eigenvalue weighted by molar-refractivity contribution is 14.1. The lowest BCUT2D eigenvalue weighted by molar-refractivity contribution is 0.157. The van der Waals surface area contributed by atoms with Gasteiger partial charge in [0.25, 0.3) is 5.56 Å². The number of nitrogens with zero attached hydrogens (tertiary/aromatic N) is 1. The molecule has 0 N–H and O–H groups in total. The van der Waals surface area contributed by atoms with Gasteiger partial charge in [0.15, 0.2) is 0 Å². The average molecular weight is 379 g/mol. The number of halogens is 1. The van der Waals surface area contributed by atoms with Crippen LogP contribution < -0.4 is 10.3 Å². The van der Waals surface area contributed by atoms with Crippen LogP contribution in [-0.4, -0.2) is 10.2 Å². The van der Waals surface area contributed by atoms with Gasteiger partial charge >= 0.3 is 0 Å². The van der Waals surface area contributed by atoms with Gasteiger partial charge in [-0.15, -0.1) is 0 Å². The molecule has 0 fully saturated rings. The van der Waals surface area contributed by atoms with E-state index < -0.39 is 5.60 Å². The molecule has 0 saturated heterocycles. The number of ether oxygens (including phenoxy) is 1. The zero-order valence-electron chi connectivity index (χ0n) is 11.3. The highest BCUT2D eigenvalue weighted by Gasteiger charge is 2.27. The summed E-state index contributed by atoms with van der Waals surface area (Å²) in [5.74, 6) is 0.809. The number of fused-ring (bicyclic) bond motifs is 1. The van der Waals surface area contributed by atoms with Gasteiger partial charge in [0.05, 0.1) is 5.70 Å². The van der Waals surface area contributed by atoms with Crippen molar-refractivity contribution >= 4 is 28.3 Å². The molecular weight excluding hydrogens is 365 g/mol. The largest absolute Gasteiger partial charge is 0.483 e. The van der Waals surface area contributed by atoms with E-state index in [0.29, 0.717) is 0 Å². The Morgan fingerprint density at radius 3 is 2.75 bits per heavy atom. The molecule has 0 radical (unpaired) electrons. The zero-order valence-corrected chi connectivity index (χ0v) is 13.4. The van der Waals surface area contributed by atoms with Crippen molar-refractivity contribution in [1.29, 1.82) is 0 Å². The molecule has 0 spiro atoms. The fourth-order valence-electron chi connectivity index (χ4n) is 2.34. The van der Waals surface area contributed by atoms with Crippen LogP contribution in [-0.2, 0) is 0 Å². The van der Waals surface area contributed by atoms with Crippen LogP contribution in [0.15, 0.2) is 53.5 Å². The summed E-state index contributed by atoms with van der Waals surface area (Å²) < 4.78 is 8.75. The molecule has 2 heterocycles. The fourth-order valence-corrected chi connectivity index (χ4v) is 2.83. The van der Waals surface area contributed by atoms with E-state index in [1.807, 2.05) is 44.2 Å². The number of aromatic nitrogens is 1. The molecule has 0 atom stereocenters. The van der Waals surface area contributed by atoms with Gasteiger partial charge in [-0.3, -0.25) is 9.36 Å². The predicted octanol–water partition coefficient (Wildman–Crippen LogP) is 3.51. The molecule has 1 aromatic carbocycles. The van der Waals surface area contributed by atoms with E-state index in [1.54, 1.807) is 22.9 Å². The van der Waals surface area contributed by atoms with Crippen LogP contribution in [0.2, 0.25) is 0 Å². The Morgan fingerprint density at radius 1 is 1.20 bits per heavy atom. The predicted molar refractivity (Wildman–Crippen MR) is 87.9 cm³/mol. The third-order valence-electron chi connectivity index (χ3n) is 3.16. The van der Waals surface area contributed by atoms with Crippen LogP contribution in [0.25, 0.3) is 5.70 Å². The second-order valence-corrected chi connectivity index (χ2v) is 6.53. The van der Waals surface area contributed by atoms with Crippen molar-refractivity contribution in [3.8, 4) is 5.75 Å². The van der Waals surface area contributed by atoms with Gasteiger partial charge in [-0.05, 0) is 66.8 Å². The number of rotatable bonds is 1. The lowest BCUT2D eigenvalue weighted by Gasteiger charge is -2.31.